The summed E-state index contributed by atoms with van der Waals surface area (Å²) in [6.07, 6.45) is 2.00. The second-order valence-electron chi connectivity index (χ2n) is 8.10. The summed E-state index contributed by atoms with van der Waals surface area (Å²) >= 11 is 0. The van der Waals surface area contributed by atoms with Crippen LogP contribution in [0, 0.1) is 5.41 Å². The summed E-state index contributed by atoms with van der Waals surface area (Å²) in [4.78, 5) is 34.4. The predicted molar refractivity (Wildman–Crippen MR) is 92.0 cm³/mol. The molecule has 24 heavy (non-hydrogen) atoms. The van der Waals surface area contributed by atoms with Crippen molar-refractivity contribution in [2.45, 2.75) is 72.1 Å². The first-order valence-corrected chi connectivity index (χ1v) is 8.16. The third kappa shape index (κ3) is 8.86. The molecule has 1 saturated heterocycles. The zero-order valence-corrected chi connectivity index (χ0v) is 15.9. The Balaban J connectivity index is 0.000000496. The molecular formula is C17H32N2O5. The second kappa shape index (κ2) is 9.01. The number of hydrogen-bond donors (Lipinski definition) is 2. The van der Waals surface area contributed by atoms with E-state index in [1.807, 2.05) is 32.7 Å². The number of alkyl carbamates (subject to hydrolysis) is 1. The van der Waals surface area contributed by atoms with Crippen molar-refractivity contribution < 1.29 is 24.2 Å². The Morgan fingerprint density at radius 1 is 1.25 bits per heavy atom. The number of aliphatic carboxylic acids is 1. The lowest BCUT2D eigenvalue weighted by Crippen LogP contribution is -2.46. The topological polar surface area (TPSA) is 95.9 Å². The van der Waals surface area contributed by atoms with Gasteiger partial charge < -0.3 is 20.0 Å². The Hall–Kier alpha value is -1.63. The van der Waals surface area contributed by atoms with Crippen molar-refractivity contribution in [3.05, 3.63) is 0 Å². The molecule has 0 aromatic heterocycles. The van der Waals surface area contributed by atoms with Gasteiger partial charge in [-0.15, -0.1) is 0 Å². The van der Waals surface area contributed by atoms with Crippen LogP contribution < -0.4 is 5.32 Å². The first-order valence-electron chi connectivity index (χ1n) is 8.16. The van der Waals surface area contributed by atoms with Gasteiger partial charge in [-0.3, -0.25) is 9.69 Å². The van der Waals surface area contributed by atoms with E-state index in [9.17, 15) is 14.4 Å². The van der Waals surface area contributed by atoms with Crippen molar-refractivity contribution in [2.24, 2.45) is 5.41 Å². The molecule has 1 amide bonds. The maximum atomic E-state index is 11.4. The van der Waals surface area contributed by atoms with Crippen LogP contribution in [0.15, 0.2) is 0 Å². The van der Waals surface area contributed by atoms with Gasteiger partial charge in [0.05, 0.1) is 6.04 Å². The fraction of sp³-hybridized carbons (Fsp3) is 0.824. The van der Waals surface area contributed by atoms with E-state index in [2.05, 4.69) is 5.32 Å². The quantitative estimate of drug-likeness (QED) is 0.763. The van der Waals surface area contributed by atoms with Gasteiger partial charge in [0.2, 0.25) is 0 Å². The molecule has 0 aliphatic carbocycles. The number of carbonyl (C=O) groups is 3. The van der Waals surface area contributed by atoms with E-state index in [1.54, 1.807) is 20.8 Å². The Morgan fingerprint density at radius 2 is 1.79 bits per heavy atom. The fourth-order valence-electron chi connectivity index (χ4n) is 2.11. The Kier molecular flexibility index (Phi) is 8.40. The van der Waals surface area contributed by atoms with Crippen LogP contribution in [0.2, 0.25) is 0 Å². The average Bonchev–Trinajstić information content (AvgIpc) is 2.79. The molecule has 1 heterocycles. The molecule has 2 atom stereocenters. The van der Waals surface area contributed by atoms with Crippen molar-refractivity contribution in [3.63, 3.8) is 0 Å². The van der Waals surface area contributed by atoms with Crippen molar-refractivity contribution in [1.82, 2.24) is 10.2 Å². The molecule has 0 spiro atoms. The van der Waals surface area contributed by atoms with Crippen LogP contribution in [-0.2, 0) is 14.3 Å². The molecule has 0 aromatic carbocycles. The first-order chi connectivity index (χ1) is 10.8. The molecule has 1 aliphatic rings. The van der Waals surface area contributed by atoms with E-state index in [1.165, 1.54) is 0 Å². The van der Waals surface area contributed by atoms with Gasteiger partial charge in [-0.1, -0.05) is 20.8 Å². The molecule has 0 radical (unpaired) electrons. The molecule has 1 fully saturated rings. The molecule has 2 N–H and O–H groups in total. The Morgan fingerprint density at radius 3 is 2.04 bits per heavy atom. The fourth-order valence-corrected chi connectivity index (χ4v) is 2.11. The van der Waals surface area contributed by atoms with Crippen LogP contribution in [0.1, 0.15) is 54.4 Å². The van der Waals surface area contributed by atoms with Gasteiger partial charge >= 0.3 is 12.1 Å². The highest BCUT2D eigenvalue weighted by atomic mass is 16.6. The zero-order chi connectivity index (χ0) is 19.1. The number of carboxylic acid groups (broad SMARTS) is 1. The normalized spacial score (nSPS) is 19.7. The highest BCUT2D eigenvalue weighted by molar-refractivity contribution is 5.74. The lowest BCUT2D eigenvalue weighted by molar-refractivity contribution is -0.141. The number of nitrogens with one attached hydrogen (secondary N) is 1. The third-order valence-electron chi connectivity index (χ3n) is 3.55. The summed E-state index contributed by atoms with van der Waals surface area (Å²) in [5, 5.41) is 11.1. The number of likely N-dealkylation sites (tertiary alicyclic amines) is 1. The highest BCUT2D eigenvalue weighted by Crippen LogP contribution is 2.18. The molecule has 0 aromatic rings. The van der Waals surface area contributed by atoms with Crippen molar-refractivity contribution in [2.75, 3.05) is 13.6 Å². The Bertz CT molecular complexity index is 437. The summed E-state index contributed by atoms with van der Waals surface area (Å²) in [5.41, 5.74) is -0.853. The van der Waals surface area contributed by atoms with Crippen molar-refractivity contribution in [1.29, 1.82) is 0 Å². The molecule has 7 nitrogen and oxygen atoms in total. The smallest absolute Gasteiger partial charge is 0.408 e. The number of rotatable bonds is 3. The number of likely N-dealkylation sites (N-methyl/N-ethyl adjacent to an activating group) is 1. The number of nitrogens with zero attached hydrogens (tertiary/aromatic N) is 1. The summed E-state index contributed by atoms with van der Waals surface area (Å²) in [6.45, 7) is 11.9. The molecule has 1 aliphatic heterocycles. The van der Waals surface area contributed by atoms with E-state index < -0.39 is 23.7 Å². The van der Waals surface area contributed by atoms with Gasteiger partial charge in [-0.25, -0.2) is 4.79 Å². The minimum atomic E-state index is -0.685. The lowest BCUT2D eigenvalue weighted by Gasteiger charge is -2.28. The maximum Gasteiger partial charge on any atom is 0.408 e. The third-order valence-corrected chi connectivity index (χ3v) is 3.55. The monoisotopic (exact) mass is 344 g/mol. The van der Waals surface area contributed by atoms with Crippen LogP contribution >= 0.6 is 0 Å². The zero-order valence-electron chi connectivity index (χ0n) is 15.9. The van der Waals surface area contributed by atoms with Crippen LogP contribution in [0.3, 0.4) is 0 Å². The van der Waals surface area contributed by atoms with Gasteiger partial charge in [0.1, 0.15) is 17.9 Å². The lowest BCUT2D eigenvalue weighted by atomic mass is 9.88. The minimum absolute atomic E-state index is 0.218. The van der Waals surface area contributed by atoms with Gasteiger partial charge in [-0.05, 0) is 52.6 Å². The van der Waals surface area contributed by atoms with E-state index in [4.69, 9.17) is 9.84 Å². The van der Waals surface area contributed by atoms with Gasteiger partial charge in [0.25, 0.3) is 0 Å². The summed E-state index contributed by atoms with van der Waals surface area (Å²) in [7, 11) is 1.85. The standard InChI is InChI=1S/C11H21NO3.C6H11NO2/c1-10(2,3)8(7-13)12-9(14)15-11(4,5)6;1-7-4-2-3-5(7)6(8)9/h7-8H,1-6H3,(H,12,14);5H,2-4H2,1H3,(H,8,9)/t;5-/m.0/s1. The summed E-state index contributed by atoms with van der Waals surface area (Å²) < 4.78 is 5.06. The maximum absolute atomic E-state index is 11.4. The largest absolute Gasteiger partial charge is 0.480 e. The Labute approximate surface area is 144 Å². The summed E-state index contributed by atoms with van der Waals surface area (Å²) in [5.74, 6) is -0.685. The number of aldehydes is 1. The van der Waals surface area contributed by atoms with E-state index in [0.717, 1.165) is 25.7 Å². The number of carbonyl (C=O) groups excluding carboxylic acids is 2. The molecule has 0 bridgehead atoms. The average molecular weight is 344 g/mol. The van der Waals surface area contributed by atoms with Gasteiger partial charge in [0.15, 0.2) is 0 Å². The summed E-state index contributed by atoms with van der Waals surface area (Å²) in [6, 6.07) is -0.752. The van der Waals surface area contributed by atoms with E-state index in [-0.39, 0.29) is 11.5 Å². The number of hydrogen-bond acceptors (Lipinski definition) is 5. The van der Waals surface area contributed by atoms with Crippen molar-refractivity contribution in [3.8, 4) is 0 Å². The highest BCUT2D eigenvalue weighted by Gasteiger charge is 2.28. The number of carboxylic acids is 1. The van der Waals surface area contributed by atoms with E-state index >= 15 is 0 Å². The van der Waals surface area contributed by atoms with Crippen LogP contribution in [0.5, 0.6) is 0 Å². The molecular weight excluding hydrogens is 312 g/mol. The molecule has 1 unspecified atom stereocenters. The van der Waals surface area contributed by atoms with Crippen LogP contribution in [0.4, 0.5) is 4.79 Å². The predicted octanol–water partition coefficient (Wildman–Crippen LogP) is 2.29. The minimum Gasteiger partial charge on any atom is -0.480 e. The van der Waals surface area contributed by atoms with E-state index in [0.29, 0.717) is 0 Å². The SMILES string of the molecule is CC(C)(C)OC(=O)NC(C=O)C(C)(C)C.CN1CCC[C@H]1C(=O)O. The van der Waals surface area contributed by atoms with Gasteiger partial charge in [0, 0.05) is 0 Å². The van der Waals surface area contributed by atoms with Gasteiger partial charge in [-0.2, -0.15) is 0 Å². The first kappa shape index (κ1) is 22.4. The molecule has 1 rings (SSSR count). The number of ether oxygens (including phenoxy) is 1. The molecule has 140 valence electrons. The van der Waals surface area contributed by atoms with Crippen LogP contribution in [0.25, 0.3) is 0 Å². The second-order valence-corrected chi connectivity index (χ2v) is 8.10. The number of amides is 1. The molecule has 7 heteroatoms. The van der Waals surface area contributed by atoms with Crippen LogP contribution in [-0.4, -0.2) is 59.6 Å². The molecule has 0 saturated carbocycles. The van der Waals surface area contributed by atoms with Crippen molar-refractivity contribution >= 4 is 18.3 Å².